The van der Waals surface area contributed by atoms with E-state index in [0.717, 1.165) is 18.3 Å². The lowest BCUT2D eigenvalue weighted by Gasteiger charge is -2.27. The van der Waals surface area contributed by atoms with E-state index in [2.05, 4.69) is 5.32 Å². The van der Waals surface area contributed by atoms with Crippen molar-refractivity contribution in [3.63, 3.8) is 0 Å². The molecule has 0 amide bonds. The van der Waals surface area contributed by atoms with Crippen LogP contribution in [0.3, 0.4) is 0 Å². The largest absolute Gasteiger partial charge is 0.398 e. The SMILES string of the molecule is CN(C)C.CN/C(N)=C/C=C(\N)c1ccc(F)cc1.O=CCN1CCCC(C=O)=C1C=O. The highest BCUT2D eigenvalue weighted by atomic mass is 19.1. The molecule has 0 unspecified atom stereocenters. The van der Waals surface area contributed by atoms with Gasteiger partial charge < -0.3 is 31.4 Å². The third-order valence-electron chi connectivity index (χ3n) is 4.00. The van der Waals surface area contributed by atoms with Gasteiger partial charge in [-0.25, -0.2) is 4.39 Å². The zero-order valence-corrected chi connectivity index (χ0v) is 19.2. The Labute approximate surface area is 189 Å². The van der Waals surface area contributed by atoms with Crippen LogP contribution in [0.25, 0.3) is 5.70 Å². The maximum atomic E-state index is 12.6. The molecule has 0 aliphatic carbocycles. The van der Waals surface area contributed by atoms with Crippen molar-refractivity contribution < 1.29 is 18.8 Å². The lowest BCUT2D eigenvalue weighted by Crippen LogP contribution is -2.31. The summed E-state index contributed by atoms with van der Waals surface area (Å²) >= 11 is 0. The van der Waals surface area contributed by atoms with E-state index >= 15 is 0 Å². The standard InChI is InChI=1S/C11H14FN3.C9H11NO3.C3H9N/c1-15-11(14)7-6-10(13)8-2-4-9(12)5-3-8;11-5-4-10-3-1-2-8(6-12)9(10)7-13;1-4(2)3/h2-7,15H,13-14H2,1H3;5-7H,1-4H2;1-3H3/b10-6-,11-7+;;. The number of carbonyl (C=O) groups is 3. The maximum Gasteiger partial charge on any atom is 0.166 e. The van der Waals surface area contributed by atoms with Crippen LogP contribution in [0.1, 0.15) is 18.4 Å². The molecule has 176 valence electrons. The van der Waals surface area contributed by atoms with Gasteiger partial charge in [0.25, 0.3) is 0 Å². The van der Waals surface area contributed by atoms with E-state index in [4.69, 9.17) is 11.5 Å². The number of aldehydes is 3. The number of carbonyl (C=O) groups excluding carboxylic acids is 3. The Morgan fingerprint density at radius 1 is 1.09 bits per heavy atom. The van der Waals surface area contributed by atoms with Crippen molar-refractivity contribution >= 4 is 24.6 Å². The number of hydrogen-bond acceptors (Lipinski definition) is 8. The highest BCUT2D eigenvalue weighted by Gasteiger charge is 2.18. The maximum absolute atomic E-state index is 12.6. The van der Waals surface area contributed by atoms with Gasteiger partial charge in [0.05, 0.1) is 18.1 Å². The number of allylic oxidation sites excluding steroid dienone is 4. The van der Waals surface area contributed by atoms with Gasteiger partial charge in [0.2, 0.25) is 0 Å². The molecule has 8 nitrogen and oxygen atoms in total. The number of rotatable bonds is 7. The second-order valence-electron chi connectivity index (χ2n) is 7.20. The minimum atomic E-state index is -0.281. The summed E-state index contributed by atoms with van der Waals surface area (Å²) in [4.78, 5) is 35.1. The Kier molecular flexibility index (Phi) is 14.5. The highest BCUT2D eigenvalue weighted by molar-refractivity contribution is 5.86. The molecule has 32 heavy (non-hydrogen) atoms. The van der Waals surface area contributed by atoms with Crippen LogP contribution >= 0.6 is 0 Å². The van der Waals surface area contributed by atoms with E-state index in [-0.39, 0.29) is 12.4 Å². The molecule has 0 spiro atoms. The van der Waals surface area contributed by atoms with Crippen molar-refractivity contribution in [2.75, 3.05) is 41.3 Å². The number of nitrogens with zero attached hydrogens (tertiary/aromatic N) is 2. The summed E-state index contributed by atoms with van der Waals surface area (Å²) in [6, 6.07) is 5.96. The van der Waals surface area contributed by atoms with Crippen molar-refractivity contribution in [3.05, 3.63) is 64.9 Å². The summed E-state index contributed by atoms with van der Waals surface area (Å²) in [5, 5.41) is 2.76. The fourth-order valence-electron chi connectivity index (χ4n) is 2.46. The molecule has 2 rings (SSSR count). The van der Waals surface area contributed by atoms with Crippen molar-refractivity contribution in [1.82, 2.24) is 15.1 Å². The van der Waals surface area contributed by atoms with E-state index in [9.17, 15) is 18.8 Å². The summed E-state index contributed by atoms with van der Waals surface area (Å²) in [5.41, 5.74) is 13.4. The Balaban J connectivity index is 0.000000519. The van der Waals surface area contributed by atoms with Crippen molar-refractivity contribution in [2.45, 2.75) is 12.8 Å². The smallest absolute Gasteiger partial charge is 0.166 e. The van der Waals surface area contributed by atoms with E-state index in [1.807, 2.05) is 26.0 Å². The van der Waals surface area contributed by atoms with Crippen molar-refractivity contribution in [2.24, 2.45) is 11.5 Å². The summed E-state index contributed by atoms with van der Waals surface area (Å²) in [7, 11) is 7.72. The summed E-state index contributed by atoms with van der Waals surface area (Å²) in [6.07, 6.45) is 6.84. The van der Waals surface area contributed by atoms with Crippen LogP contribution in [0.15, 0.2) is 53.5 Å². The van der Waals surface area contributed by atoms with Gasteiger partial charge >= 0.3 is 0 Å². The zero-order chi connectivity index (χ0) is 24.5. The van der Waals surface area contributed by atoms with Gasteiger partial charge in [0.15, 0.2) is 6.29 Å². The van der Waals surface area contributed by atoms with Crippen LogP contribution in [0.4, 0.5) is 4.39 Å². The number of nitrogens with one attached hydrogen (secondary N) is 1. The quantitative estimate of drug-likeness (QED) is 0.422. The molecule has 0 atom stereocenters. The molecule has 9 heteroatoms. The minimum Gasteiger partial charge on any atom is -0.398 e. The minimum absolute atomic E-state index is 0.186. The van der Waals surface area contributed by atoms with E-state index in [1.54, 1.807) is 36.2 Å². The molecule has 5 N–H and O–H groups in total. The molecule has 1 aromatic rings. The highest BCUT2D eigenvalue weighted by Crippen LogP contribution is 2.18. The van der Waals surface area contributed by atoms with Gasteiger partial charge in [-0.2, -0.15) is 0 Å². The summed E-state index contributed by atoms with van der Waals surface area (Å²) in [6.45, 7) is 0.857. The molecular formula is C23H34FN5O3. The first-order chi connectivity index (χ1) is 15.2. The summed E-state index contributed by atoms with van der Waals surface area (Å²) < 4.78 is 12.6. The lowest BCUT2D eigenvalue weighted by atomic mass is 10.0. The van der Waals surface area contributed by atoms with Gasteiger partial charge in [0, 0.05) is 24.9 Å². The van der Waals surface area contributed by atoms with E-state index in [1.165, 1.54) is 12.1 Å². The Morgan fingerprint density at radius 2 is 1.69 bits per heavy atom. The van der Waals surface area contributed by atoms with Crippen molar-refractivity contribution in [3.8, 4) is 0 Å². The van der Waals surface area contributed by atoms with Crippen LogP contribution in [-0.4, -0.2) is 69.9 Å². The predicted molar refractivity (Wildman–Crippen MR) is 126 cm³/mol. The lowest BCUT2D eigenvalue weighted by molar-refractivity contribution is -0.110. The van der Waals surface area contributed by atoms with Crippen LogP contribution < -0.4 is 16.8 Å². The van der Waals surface area contributed by atoms with Gasteiger partial charge in [-0.15, -0.1) is 0 Å². The van der Waals surface area contributed by atoms with Crippen molar-refractivity contribution in [1.29, 1.82) is 0 Å². The molecule has 0 bridgehead atoms. The third kappa shape index (κ3) is 11.7. The second-order valence-corrected chi connectivity index (χ2v) is 7.20. The third-order valence-corrected chi connectivity index (χ3v) is 4.00. The predicted octanol–water partition coefficient (Wildman–Crippen LogP) is 1.26. The van der Waals surface area contributed by atoms with E-state index in [0.29, 0.717) is 48.3 Å². The second kappa shape index (κ2) is 16.3. The van der Waals surface area contributed by atoms with Crippen LogP contribution in [0.2, 0.25) is 0 Å². The van der Waals surface area contributed by atoms with Crippen LogP contribution in [0.5, 0.6) is 0 Å². The number of hydrogen-bond donors (Lipinski definition) is 3. The van der Waals surface area contributed by atoms with Gasteiger partial charge in [-0.05, 0) is 63.8 Å². The normalized spacial score (nSPS) is 14.0. The van der Waals surface area contributed by atoms with Crippen LogP contribution in [0, 0.1) is 5.82 Å². The number of nitrogens with two attached hydrogens (primary N) is 2. The average molecular weight is 448 g/mol. The van der Waals surface area contributed by atoms with Gasteiger partial charge in [0.1, 0.15) is 18.4 Å². The first-order valence-electron chi connectivity index (χ1n) is 9.99. The Bertz CT molecular complexity index is 815. The monoisotopic (exact) mass is 447 g/mol. The molecule has 0 fully saturated rings. The molecule has 0 radical (unpaired) electrons. The fraction of sp³-hybridized carbons (Fsp3) is 0.348. The average Bonchev–Trinajstić information content (AvgIpc) is 2.77. The van der Waals surface area contributed by atoms with E-state index < -0.39 is 0 Å². The molecule has 0 saturated heterocycles. The topological polar surface area (TPSA) is 122 Å². The molecule has 1 aromatic carbocycles. The molecular weight excluding hydrogens is 413 g/mol. The van der Waals surface area contributed by atoms with Gasteiger partial charge in [-0.1, -0.05) is 12.1 Å². The fourth-order valence-corrected chi connectivity index (χ4v) is 2.46. The molecule has 0 saturated carbocycles. The Morgan fingerprint density at radius 3 is 2.16 bits per heavy atom. The number of benzene rings is 1. The van der Waals surface area contributed by atoms with Crippen LogP contribution in [-0.2, 0) is 14.4 Å². The molecule has 1 aliphatic heterocycles. The van der Waals surface area contributed by atoms with Gasteiger partial charge in [-0.3, -0.25) is 9.59 Å². The number of halogens is 1. The first kappa shape index (κ1) is 28.5. The molecule has 1 aliphatic rings. The zero-order valence-electron chi connectivity index (χ0n) is 19.2. The summed E-state index contributed by atoms with van der Waals surface area (Å²) in [5.74, 6) is 0.233. The Hall–Kier alpha value is -3.46. The molecule has 1 heterocycles. The first-order valence-corrected chi connectivity index (χ1v) is 9.99. The molecule has 0 aromatic heterocycles.